The van der Waals surface area contributed by atoms with E-state index < -0.39 is 23.7 Å². The normalized spacial score (nSPS) is 13.5. The Bertz CT molecular complexity index is 637. The number of alkyl halides is 1. The Morgan fingerprint density at radius 1 is 1.24 bits per heavy atom. The molecule has 0 aliphatic rings. The van der Waals surface area contributed by atoms with Crippen LogP contribution in [-0.4, -0.2) is 33.6 Å². The topological polar surface area (TPSA) is 81.7 Å². The van der Waals surface area contributed by atoms with Crippen molar-refractivity contribution in [1.82, 2.24) is 5.32 Å². The molecule has 25 heavy (non-hydrogen) atoms. The summed E-state index contributed by atoms with van der Waals surface area (Å²) in [6.07, 6.45) is -0.499. The third-order valence-electron chi connectivity index (χ3n) is 3.03. The third kappa shape index (κ3) is 8.33. The van der Waals surface area contributed by atoms with Gasteiger partial charge in [0, 0.05) is 12.0 Å². The van der Waals surface area contributed by atoms with Gasteiger partial charge in [0.15, 0.2) is 5.78 Å². The van der Waals surface area contributed by atoms with E-state index in [2.05, 4.69) is 5.32 Å². The van der Waals surface area contributed by atoms with Crippen LogP contribution >= 0.6 is 22.6 Å². The second-order valence-corrected chi connectivity index (χ2v) is 8.39. The fourth-order valence-electron chi connectivity index (χ4n) is 2.04. The van der Waals surface area contributed by atoms with Crippen molar-refractivity contribution in [1.29, 1.82) is 0 Å². The standard InChI is InChI=1S/C18H24INO5/c1-11(21)14-8-6-7-13(9-14)10-15(16(22)24-12(2)19)20-17(23)25-18(3,4)5/h6-9,12,15H,10H2,1-5H3,(H,20,23)/t12?,15-/m1/s1. The second-order valence-electron chi connectivity index (χ2n) is 6.64. The summed E-state index contributed by atoms with van der Waals surface area (Å²) in [5, 5.41) is 2.55. The summed E-state index contributed by atoms with van der Waals surface area (Å²) in [6, 6.07) is 6.02. The molecule has 1 rings (SSSR count). The molecule has 1 aromatic rings. The fourth-order valence-corrected chi connectivity index (χ4v) is 2.29. The molecular weight excluding hydrogens is 437 g/mol. The van der Waals surface area contributed by atoms with Gasteiger partial charge in [0.25, 0.3) is 0 Å². The molecule has 1 N–H and O–H groups in total. The maximum absolute atomic E-state index is 12.3. The number of benzene rings is 1. The molecular formula is C18H24INO5. The molecule has 0 radical (unpaired) electrons. The van der Waals surface area contributed by atoms with Crippen LogP contribution in [0.5, 0.6) is 0 Å². The molecule has 7 heteroatoms. The maximum Gasteiger partial charge on any atom is 0.408 e. The number of nitrogens with one attached hydrogen (secondary N) is 1. The van der Waals surface area contributed by atoms with Gasteiger partial charge in [0.05, 0.1) is 0 Å². The molecule has 0 aromatic heterocycles. The van der Waals surface area contributed by atoms with E-state index in [-0.39, 0.29) is 16.3 Å². The second kappa shape index (κ2) is 9.17. The van der Waals surface area contributed by atoms with E-state index in [0.29, 0.717) is 5.56 Å². The molecule has 1 amide bonds. The zero-order valence-corrected chi connectivity index (χ0v) is 17.2. The van der Waals surface area contributed by atoms with Crippen molar-refractivity contribution in [2.24, 2.45) is 0 Å². The largest absolute Gasteiger partial charge is 0.450 e. The Morgan fingerprint density at radius 3 is 2.40 bits per heavy atom. The lowest BCUT2D eigenvalue weighted by Crippen LogP contribution is -2.45. The number of amides is 1. The first kappa shape index (κ1) is 21.4. The number of hydrogen-bond acceptors (Lipinski definition) is 5. The highest BCUT2D eigenvalue weighted by Crippen LogP contribution is 2.13. The lowest BCUT2D eigenvalue weighted by Gasteiger charge is -2.23. The average molecular weight is 461 g/mol. The first-order valence-corrected chi connectivity index (χ1v) is 9.16. The van der Waals surface area contributed by atoms with Gasteiger partial charge < -0.3 is 14.8 Å². The molecule has 0 aliphatic carbocycles. The number of carbonyl (C=O) groups excluding carboxylic acids is 3. The number of halogens is 1. The number of rotatable bonds is 6. The summed E-state index contributed by atoms with van der Waals surface area (Å²) in [5.41, 5.74) is 0.611. The summed E-state index contributed by atoms with van der Waals surface area (Å²) in [4.78, 5) is 35.9. The van der Waals surface area contributed by atoms with Crippen molar-refractivity contribution in [2.75, 3.05) is 0 Å². The lowest BCUT2D eigenvalue weighted by atomic mass is 10.0. The predicted molar refractivity (Wildman–Crippen MR) is 103 cm³/mol. The van der Waals surface area contributed by atoms with E-state index in [4.69, 9.17) is 9.47 Å². The van der Waals surface area contributed by atoms with Crippen molar-refractivity contribution in [3.05, 3.63) is 35.4 Å². The summed E-state index contributed by atoms with van der Waals surface area (Å²) in [6.45, 7) is 8.41. The molecule has 0 saturated carbocycles. The highest BCUT2D eigenvalue weighted by Gasteiger charge is 2.26. The molecule has 1 aromatic carbocycles. The molecule has 0 fully saturated rings. The SMILES string of the molecule is CC(=O)c1cccc(C[C@@H](NC(=O)OC(C)(C)C)C(=O)OC(C)I)c1. The number of ether oxygens (including phenoxy) is 2. The Hall–Kier alpha value is -1.64. The quantitative estimate of drug-likeness (QED) is 0.303. The van der Waals surface area contributed by atoms with Gasteiger partial charge >= 0.3 is 12.1 Å². The van der Waals surface area contributed by atoms with Gasteiger partial charge in [-0.25, -0.2) is 9.59 Å². The summed E-state index contributed by atoms with van der Waals surface area (Å²) >= 11 is 1.96. The minimum atomic E-state index is -0.908. The zero-order valence-electron chi connectivity index (χ0n) is 15.1. The van der Waals surface area contributed by atoms with Crippen molar-refractivity contribution in [3.8, 4) is 0 Å². The monoisotopic (exact) mass is 461 g/mol. The molecule has 6 nitrogen and oxygen atoms in total. The summed E-state index contributed by atoms with van der Waals surface area (Å²) in [5.74, 6) is -0.622. The van der Waals surface area contributed by atoms with Crippen LogP contribution in [0.3, 0.4) is 0 Å². The van der Waals surface area contributed by atoms with Crippen molar-refractivity contribution < 1.29 is 23.9 Å². The van der Waals surface area contributed by atoms with Crippen LogP contribution in [0.15, 0.2) is 24.3 Å². The minimum absolute atomic E-state index is 0.0676. The summed E-state index contributed by atoms with van der Waals surface area (Å²) in [7, 11) is 0. The Kier molecular flexibility index (Phi) is 7.85. The van der Waals surface area contributed by atoms with Crippen LogP contribution < -0.4 is 5.32 Å². The number of carbonyl (C=O) groups is 3. The molecule has 2 atom stereocenters. The van der Waals surface area contributed by atoms with E-state index in [9.17, 15) is 14.4 Å². The van der Waals surface area contributed by atoms with Gasteiger partial charge in [0.1, 0.15) is 15.8 Å². The van der Waals surface area contributed by atoms with Gasteiger partial charge in [-0.3, -0.25) is 4.79 Å². The third-order valence-corrected chi connectivity index (χ3v) is 3.28. The molecule has 1 unspecified atom stereocenters. The van der Waals surface area contributed by atoms with Crippen molar-refractivity contribution in [2.45, 2.75) is 56.8 Å². The Balaban J connectivity index is 2.94. The van der Waals surface area contributed by atoms with Crippen LogP contribution in [0.25, 0.3) is 0 Å². The first-order valence-electron chi connectivity index (χ1n) is 7.92. The molecule has 0 bridgehead atoms. The van der Waals surface area contributed by atoms with Gasteiger partial charge in [-0.1, -0.05) is 18.2 Å². The van der Waals surface area contributed by atoms with Crippen LogP contribution in [0.4, 0.5) is 4.79 Å². The van der Waals surface area contributed by atoms with E-state index in [0.717, 1.165) is 5.56 Å². The van der Waals surface area contributed by atoms with Crippen molar-refractivity contribution >= 4 is 40.4 Å². The van der Waals surface area contributed by atoms with Gasteiger partial charge in [-0.05, 0) is 68.8 Å². The number of alkyl carbamates (subject to hydrolysis) is 1. The van der Waals surface area contributed by atoms with Gasteiger partial charge in [-0.15, -0.1) is 0 Å². The Morgan fingerprint density at radius 2 is 1.88 bits per heavy atom. The number of hydrogen-bond donors (Lipinski definition) is 1. The van der Waals surface area contributed by atoms with E-state index >= 15 is 0 Å². The van der Waals surface area contributed by atoms with E-state index in [1.165, 1.54) is 6.92 Å². The average Bonchev–Trinajstić information content (AvgIpc) is 2.44. The van der Waals surface area contributed by atoms with Crippen LogP contribution in [0.2, 0.25) is 0 Å². The molecule has 0 saturated heterocycles. The molecule has 0 heterocycles. The van der Waals surface area contributed by atoms with Crippen LogP contribution in [0, 0.1) is 0 Å². The summed E-state index contributed by atoms with van der Waals surface area (Å²) < 4.78 is 10.1. The molecule has 0 aliphatic heterocycles. The van der Waals surface area contributed by atoms with Gasteiger partial charge in [0.2, 0.25) is 0 Å². The number of esters is 1. The van der Waals surface area contributed by atoms with Crippen LogP contribution in [-0.2, 0) is 20.7 Å². The molecule has 0 spiro atoms. The highest BCUT2D eigenvalue weighted by molar-refractivity contribution is 14.1. The predicted octanol–water partition coefficient (Wildman–Crippen LogP) is 3.65. The minimum Gasteiger partial charge on any atom is -0.450 e. The number of ketones is 1. The number of Topliss-reactive ketones (excluding diaryl/α,β-unsaturated/α-hetero) is 1. The first-order chi connectivity index (χ1) is 11.5. The lowest BCUT2D eigenvalue weighted by molar-refractivity contribution is -0.146. The smallest absolute Gasteiger partial charge is 0.408 e. The Labute approximate surface area is 161 Å². The van der Waals surface area contributed by atoms with Crippen molar-refractivity contribution in [3.63, 3.8) is 0 Å². The van der Waals surface area contributed by atoms with E-state index in [1.54, 1.807) is 52.0 Å². The fraction of sp³-hybridized carbons (Fsp3) is 0.500. The van der Waals surface area contributed by atoms with E-state index in [1.807, 2.05) is 22.6 Å². The molecule has 138 valence electrons. The highest BCUT2D eigenvalue weighted by atomic mass is 127. The van der Waals surface area contributed by atoms with Crippen LogP contribution in [0.1, 0.15) is 50.5 Å². The van der Waals surface area contributed by atoms with Gasteiger partial charge in [-0.2, -0.15) is 0 Å². The zero-order chi connectivity index (χ0) is 19.2. The maximum atomic E-state index is 12.3.